The Hall–Kier alpha value is -3.67. The Labute approximate surface area is 160 Å². The molecule has 6 heteroatoms. The Bertz CT molecular complexity index is 1030. The molecule has 0 bridgehead atoms. The summed E-state index contributed by atoms with van der Waals surface area (Å²) in [5.41, 5.74) is 1.31. The minimum Gasteiger partial charge on any atom is -0.485 e. The van der Waals surface area contributed by atoms with Gasteiger partial charge in [-0.15, -0.1) is 0 Å². The second kappa shape index (κ2) is 7.52. The highest BCUT2D eigenvalue weighted by Crippen LogP contribution is 2.32. The lowest BCUT2D eigenvalue weighted by Gasteiger charge is -2.07. The highest BCUT2D eigenvalue weighted by molar-refractivity contribution is 6.09. The summed E-state index contributed by atoms with van der Waals surface area (Å²) < 4.78 is 29.0. The molecule has 4 rings (SSSR count). The number of rotatable bonds is 6. The monoisotopic (exact) mass is 378 g/mol. The van der Waals surface area contributed by atoms with E-state index in [0.29, 0.717) is 33.9 Å². The van der Waals surface area contributed by atoms with Gasteiger partial charge in [0.25, 0.3) is 0 Å². The Morgan fingerprint density at radius 1 is 0.821 bits per heavy atom. The molecule has 3 aromatic carbocycles. The van der Waals surface area contributed by atoms with Crippen molar-refractivity contribution in [3.8, 4) is 17.2 Å². The third-order valence-electron chi connectivity index (χ3n) is 4.29. The third-order valence-corrected chi connectivity index (χ3v) is 4.29. The lowest BCUT2D eigenvalue weighted by molar-refractivity contribution is 0.0920. The average Bonchev–Trinajstić information content (AvgIpc) is 3.20. The highest BCUT2D eigenvalue weighted by atomic mass is 19.1. The van der Waals surface area contributed by atoms with E-state index in [1.165, 1.54) is 24.3 Å². The SMILES string of the molecule is O=C(COc1ccc(C(=O)c2ccc(F)cc2)cc1)c1ccc2c(c1)OCO2. The van der Waals surface area contributed by atoms with Gasteiger partial charge in [0, 0.05) is 16.7 Å². The van der Waals surface area contributed by atoms with E-state index in [0.717, 1.165) is 0 Å². The lowest BCUT2D eigenvalue weighted by Crippen LogP contribution is -2.11. The van der Waals surface area contributed by atoms with Gasteiger partial charge in [0.1, 0.15) is 11.6 Å². The molecule has 0 radical (unpaired) electrons. The van der Waals surface area contributed by atoms with Crippen LogP contribution in [0.15, 0.2) is 66.7 Å². The topological polar surface area (TPSA) is 61.8 Å². The molecule has 0 spiro atoms. The molecule has 28 heavy (non-hydrogen) atoms. The van der Waals surface area contributed by atoms with Crippen LogP contribution in [0.25, 0.3) is 0 Å². The van der Waals surface area contributed by atoms with Crippen LogP contribution in [0, 0.1) is 5.82 Å². The quantitative estimate of drug-likeness (QED) is 0.606. The number of halogens is 1. The normalized spacial score (nSPS) is 11.9. The van der Waals surface area contributed by atoms with Gasteiger partial charge in [-0.25, -0.2) is 4.39 Å². The van der Waals surface area contributed by atoms with Crippen LogP contribution in [-0.2, 0) is 0 Å². The van der Waals surface area contributed by atoms with Crippen LogP contribution < -0.4 is 14.2 Å². The summed E-state index contributed by atoms with van der Waals surface area (Å²) >= 11 is 0. The smallest absolute Gasteiger partial charge is 0.231 e. The fourth-order valence-corrected chi connectivity index (χ4v) is 2.77. The predicted octanol–water partition coefficient (Wildman–Crippen LogP) is 4.05. The Morgan fingerprint density at radius 3 is 2.14 bits per heavy atom. The second-order valence-corrected chi connectivity index (χ2v) is 6.14. The van der Waals surface area contributed by atoms with Crippen LogP contribution in [0.1, 0.15) is 26.3 Å². The number of ketones is 2. The molecule has 1 aliphatic heterocycles. The Balaban J connectivity index is 1.38. The highest BCUT2D eigenvalue weighted by Gasteiger charge is 2.16. The van der Waals surface area contributed by atoms with Gasteiger partial charge in [-0.2, -0.15) is 0 Å². The number of Topliss-reactive ketones (excluding diaryl/α,β-unsaturated/α-hetero) is 1. The van der Waals surface area contributed by atoms with Crippen molar-refractivity contribution in [2.75, 3.05) is 13.4 Å². The maximum Gasteiger partial charge on any atom is 0.231 e. The molecule has 1 heterocycles. The molecule has 5 nitrogen and oxygen atoms in total. The van der Waals surface area contributed by atoms with E-state index in [-0.39, 0.29) is 25.0 Å². The number of carbonyl (C=O) groups is 2. The van der Waals surface area contributed by atoms with Crippen LogP contribution in [0.5, 0.6) is 17.2 Å². The first-order valence-corrected chi connectivity index (χ1v) is 8.56. The maximum atomic E-state index is 13.0. The number of ether oxygens (including phenoxy) is 3. The van der Waals surface area contributed by atoms with Gasteiger partial charge in [0.05, 0.1) is 0 Å². The standard InChI is InChI=1S/C22H15FO5/c23-17-6-1-14(2-7-17)22(25)15-3-8-18(9-4-15)26-12-19(24)16-5-10-20-21(11-16)28-13-27-20/h1-11H,12-13H2. The molecule has 0 saturated heterocycles. The zero-order valence-electron chi connectivity index (χ0n) is 14.7. The predicted molar refractivity (Wildman–Crippen MR) is 98.7 cm³/mol. The van der Waals surface area contributed by atoms with Crippen LogP contribution in [0.3, 0.4) is 0 Å². The van der Waals surface area contributed by atoms with Gasteiger partial charge in [-0.1, -0.05) is 0 Å². The van der Waals surface area contributed by atoms with Crippen LogP contribution >= 0.6 is 0 Å². The molecule has 0 atom stereocenters. The molecule has 140 valence electrons. The molecule has 0 amide bonds. The van der Waals surface area contributed by atoms with Gasteiger partial charge in [0.15, 0.2) is 29.7 Å². The van der Waals surface area contributed by atoms with E-state index in [1.54, 1.807) is 42.5 Å². The summed E-state index contributed by atoms with van der Waals surface area (Å²) in [4.78, 5) is 24.7. The molecule has 0 saturated carbocycles. The zero-order valence-corrected chi connectivity index (χ0v) is 14.7. The summed E-state index contributed by atoms with van der Waals surface area (Å²) in [5, 5.41) is 0. The van der Waals surface area contributed by atoms with Gasteiger partial charge in [-0.3, -0.25) is 9.59 Å². The minimum absolute atomic E-state index is 0.145. The zero-order chi connectivity index (χ0) is 19.5. The minimum atomic E-state index is -0.396. The first-order valence-electron chi connectivity index (χ1n) is 8.56. The van der Waals surface area contributed by atoms with E-state index in [1.807, 2.05) is 0 Å². The first-order chi connectivity index (χ1) is 13.6. The molecule has 0 aromatic heterocycles. The van der Waals surface area contributed by atoms with E-state index in [4.69, 9.17) is 14.2 Å². The van der Waals surface area contributed by atoms with Crippen molar-refractivity contribution in [2.24, 2.45) is 0 Å². The van der Waals surface area contributed by atoms with Crippen LogP contribution in [0.4, 0.5) is 4.39 Å². The van der Waals surface area contributed by atoms with Crippen molar-refractivity contribution in [1.82, 2.24) is 0 Å². The average molecular weight is 378 g/mol. The summed E-state index contributed by atoms with van der Waals surface area (Å²) in [6.07, 6.45) is 0. The molecule has 0 aliphatic carbocycles. The van der Waals surface area contributed by atoms with Gasteiger partial charge in [-0.05, 0) is 66.7 Å². The van der Waals surface area contributed by atoms with Crippen LogP contribution in [0.2, 0.25) is 0 Å². The van der Waals surface area contributed by atoms with E-state index < -0.39 is 5.82 Å². The Kier molecular flexibility index (Phi) is 4.76. The Morgan fingerprint density at radius 2 is 1.43 bits per heavy atom. The fourth-order valence-electron chi connectivity index (χ4n) is 2.77. The number of hydrogen-bond donors (Lipinski definition) is 0. The summed E-state index contributed by atoms with van der Waals surface area (Å²) in [6.45, 7) is -0.00261. The van der Waals surface area contributed by atoms with Crippen molar-refractivity contribution in [3.05, 3.63) is 89.2 Å². The molecule has 0 fully saturated rings. The maximum absolute atomic E-state index is 13.0. The van der Waals surface area contributed by atoms with Crippen LogP contribution in [-0.4, -0.2) is 25.0 Å². The molecule has 3 aromatic rings. The van der Waals surface area contributed by atoms with Gasteiger partial charge in [0.2, 0.25) is 6.79 Å². The van der Waals surface area contributed by atoms with Crippen molar-refractivity contribution >= 4 is 11.6 Å². The molecular weight excluding hydrogens is 363 g/mol. The number of hydrogen-bond acceptors (Lipinski definition) is 5. The lowest BCUT2D eigenvalue weighted by atomic mass is 10.0. The van der Waals surface area contributed by atoms with E-state index in [9.17, 15) is 14.0 Å². The summed E-state index contributed by atoms with van der Waals surface area (Å²) in [7, 11) is 0. The fraction of sp³-hybridized carbons (Fsp3) is 0.0909. The second-order valence-electron chi connectivity index (χ2n) is 6.14. The van der Waals surface area contributed by atoms with Crippen molar-refractivity contribution in [1.29, 1.82) is 0 Å². The largest absolute Gasteiger partial charge is 0.485 e. The molecular formula is C22H15FO5. The van der Waals surface area contributed by atoms with Crippen molar-refractivity contribution in [2.45, 2.75) is 0 Å². The molecule has 1 aliphatic rings. The number of fused-ring (bicyclic) bond motifs is 1. The molecule has 0 N–H and O–H groups in total. The van der Waals surface area contributed by atoms with Gasteiger partial charge >= 0.3 is 0 Å². The molecule has 0 unspecified atom stereocenters. The van der Waals surface area contributed by atoms with Crippen molar-refractivity contribution in [3.63, 3.8) is 0 Å². The number of benzene rings is 3. The van der Waals surface area contributed by atoms with Crippen molar-refractivity contribution < 1.29 is 28.2 Å². The summed E-state index contributed by atoms with van der Waals surface area (Å²) in [5.74, 6) is 0.790. The summed E-state index contributed by atoms with van der Waals surface area (Å²) in [6, 6.07) is 16.8. The van der Waals surface area contributed by atoms with Gasteiger partial charge < -0.3 is 14.2 Å². The number of carbonyl (C=O) groups excluding carboxylic acids is 2. The van der Waals surface area contributed by atoms with E-state index in [2.05, 4.69) is 0 Å². The third kappa shape index (κ3) is 3.71. The van der Waals surface area contributed by atoms with E-state index >= 15 is 0 Å². The first kappa shape index (κ1) is 17.7.